The Kier molecular flexibility index (Phi) is 2.13. The number of ether oxygens (including phenoxy) is 1. The fourth-order valence-electron chi connectivity index (χ4n) is 2.58. The number of rotatable bonds is 3. The van der Waals surface area contributed by atoms with Crippen LogP contribution in [0, 0.1) is 17.3 Å². The van der Waals surface area contributed by atoms with Crippen LogP contribution in [0.4, 0.5) is 0 Å². The van der Waals surface area contributed by atoms with Crippen molar-refractivity contribution in [1.29, 1.82) is 0 Å². The normalized spacial score (nSPS) is 46.5. The van der Waals surface area contributed by atoms with E-state index in [-0.39, 0.29) is 0 Å². The van der Waals surface area contributed by atoms with E-state index < -0.39 is 0 Å². The van der Waals surface area contributed by atoms with Crippen molar-refractivity contribution in [2.75, 3.05) is 26.8 Å². The first kappa shape index (κ1) is 8.52. The van der Waals surface area contributed by atoms with Crippen LogP contribution in [0.25, 0.3) is 0 Å². The second kappa shape index (κ2) is 3.00. The van der Waals surface area contributed by atoms with Crippen LogP contribution in [-0.4, -0.2) is 26.8 Å². The van der Waals surface area contributed by atoms with Crippen molar-refractivity contribution in [2.24, 2.45) is 17.3 Å². The van der Waals surface area contributed by atoms with E-state index in [1.165, 1.54) is 19.4 Å². The fourth-order valence-corrected chi connectivity index (χ4v) is 2.58. The van der Waals surface area contributed by atoms with E-state index in [0.29, 0.717) is 5.41 Å². The zero-order chi connectivity index (χ0) is 8.60. The van der Waals surface area contributed by atoms with Gasteiger partial charge in [-0.25, -0.2) is 0 Å². The molecular weight excluding hydrogens is 150 g/mol. The highest BCUT2D eigenvalue weighted by atomic mass is 16.5. The molecule has 1 saturated heterocycles. The molecule has 2 fully saturated rings. The number of hydrogen-bond donors (Lipinski definition) is 1. The summed E-state index contributed by atoms with van der Waals surface area (Å²) in [5.41, 5.74) is 0.611. The monoisotopic (exact) mass is 169 g/mol. The van der Waals surface area contributed by atoms with Crippen LogP contribution in [0.2, 0.25) is 0 Å². The van der Waals surface area contributed by atoms with Crippen LogP contribution < -0.4 is 5.32 Å². The molecule has 1 N–H and O–H groups in total. The van der Waals surface area contributed by atoms with Gasteiger partial charge in [-0.2, -0.15) is 0 Å². The Labute approximate surface area is 74.7 Å². The lowest BCUT2D eigenvalue weighted by atomic mass is 9.88. The molecule has 0 aromatic heterocycles. The molecule has 0 amide bonds. The fraction of sp³-hybridized carbons (Fsp3) is 1.00. The minimum Gasteiger partial charge on any atom is -0.381 e. The van der Waals surface area contributed by atoms with Crippen LogP contribution in [-0.2, 0) is 4.74 Å². The first-order valence-corrected chi connectivity index (χ1v) is 4.99. The molecule has 12 heavy (non-hydrogen) atoms. The second-order valence-electron chi connectivity index (χ2n) is 4.53. The predicted octanol–water partition coefficient (Wildman–Crippen LogP) is 1.27. The van der Waals surface area contributed by atoms with E-state index in [9.17, 15) is 0 Å². The molecule has 1 aliphatic heterocycles. The molecule has 70 valence electrons. The summed E-state index contributed by atoms with van der Waals surface area (Å²) < 4.78 is 5.43. The van der Waals surface area contributed by atoms with Crippen molar-refractivity contribution >= 4 is 0 Å². The smallest absolute Gasteiger partial charge is 0.0500 e. The Morgan fingerprint density at radius 2 is 2.42 bits per heavy atom. The van der Waals surface area contributed by atoms with Crippen LogP contribution in [0.3, 0.4) is 0 Å². The highest BCUT2D eigenvalue weighted by Crippen LogP contribution is 2.59. The average molecular weight is 169 g/mol. The Hall–Kier alpha value is -0.0800. The van der Waals surface area contributed by atoms with Gasteiger partial charge in [0.1, 0.15) is 0 Å². The lowest BCUT2D eigenvalue weighted by molar-refractivity contribution is 0.166. The summed E-state index contributed by atoms with van der Waals surface area (Å²) in [4.78, 5) is 0. The van der Waals surface area contributed by atoms with Crippen molar-refractivity contribution in [3.8, 4) is 0 Å². The summed E-state index contributed by atoms with van der Waals surface area (Å²) in [5.74, 6) is 1.75. The molecular formula is C10H19NO. The summed E-state index contributed by atoms with van der Waals surface area (Å²) in [6, 6.07) is 0. The number of nitrogens with one attached hydrogen (secondary N) is 1. The molecule has 3 unspecified atom stereocenters. The molecule has 2 heteroatoms. The Morgan fingerprint density at radius 1 is 1.58 bits per heavy atom. The lowest BCUT2D eigenvalue weighted by Gasteiger charge is -2.17. The van der Waals surface area contributed by atoms with Gasteiger partial charge in [-0.3, -0.25) is 0 Å². The zero-order valence-electron chi connectivity index (χ0n) is 8.10. The average Bonchev–Trinajstić information content (AvgIpc) is 2.57. The van der Waals surface area contributed by atoms with E-state index in [1.54, 1.807) is 0 Å². The molecule has 2 aliphatic rings. The molecule has 3 atom stereocenters. The van der Waals surface area contributed by atoms with Gasteiger partial charge >= 0.3 is 0 Å². The van der Waals surface area contributed by atoms with E-state index in [4.69, 9.17) is 4.74 Å². The molecule has 1 aliphatic carbocycles. The molecule has 1 saturated carbocycles. The summed E-state index contributed by atoms with van der Waals surface area (Å²) in [7, 11) is 2.05. The van der Waals surface area contributed by atoms with Crippen LogP contribution in [0.15, 0.2) is 0 Å². The molecule has 0 spiro atoms. The van der Waals surface area contributed by atoms with E-state index >= 15 is 0 Å². The SMILES string of the molecule is CNCC1CC1(C)C1CCOC1. The first-order chi connectivity index (χ1) is 5.77. The Balaban J connectivity index is 1.87. The van der Waals surface area contributed by atoms with Crippen molar-refractivity contribution in [2.45, 2.75) is 19.8 Å². The quantitative estimate of drug-likeness (QED) is 0.687. The Bertz CT molecular complexity index is 165. The summed E-state index contributed by atoms with van der Waals surface area (Å²) >= 11 is 0. The molecule has 2 rings (SSSR count). The minimum absolute atomic E-state index is 0.611. The highest BCUT2D eigenvalue weighted by molar-refractivity contribution is 5.04. The molecule has 0 bridgehead atoms. The van der Waals surface area contributed by atoms with Crippen molar-refractivity contribution in [1.82, 2.24) is 5.32 Å². The van der Waals surface area contributed by atoms with Gasteiger partial charge in [-0.05, 0) is 43.7 Å². The molecule has 2 nitrogen and oxygen atoms in total. The first-order valence-electron chi connectivity index (χ1n) is 4.99. The highest BCUT2D eigenvalue weighted by Gasteiger charge is 2.54. The third kappa shape index (κ3) is 1.27. The van der Waals surface area contributed by atoms with E-state index in [1.807, 2.05) is 7.05 Å². The maximum Gasteiger partial charge on any atom is 0.0500 e. The van der Waals surface area contributed by atoms with Gasteiger partial charge in [0.05, 0.1) is 0 Å². The molecule has 0 aromatic rings. The standard InChI is InChI=1S/C10H19NO/c1-10(5-9(10)6-11-2)8-3-4-12-7-8/h8-9,11H,3-7H2,1-2H3. The van der Waals surface area contributed by atoms with Gasteiger partial charge in [-0.15, -0.1) is 0 Å². The van der Waals surface area contributed by atoms with Gasteiger partial charge in [0.25, 0.3) is 0 Å². The number of hydrogen-bond acceptors (Lipinski definition) is 2. The molecule has 0 radical (unpaired) electrons. The van der Waals surface area contributed by atoms with E-state index in [2.05, 4.69) is 12.2 Å². The minimum atomic E-state index is 0.611. The summed E-state index contributed by atoms with van der Waals surface area (Å²) in [5, 5.41) is 3.27. The third-order valence-corrected chi connectivity index (χ3v) is 3.77. The predicted molar refractivity (Wildman–Crippen MR) is 49.1 cm³/mol. The van der Waals surface area contributed by atoms with Gasteiger partial charge < -0.3 is 10.1 Å². The molecule has 1 heterocycles. The van der Waals surface area contributed by atoms with Gasteiger partial charge in [0.15, 0.2) is 0 Å². The second-order valence-corrected chi connectivity index (χ2v) is 4.53. The summed E-state index contributed by atoms with van der Waals surface area (Å²) in [6.45, 7) is 5.62. The molecule has 0 aromatic carbocycles. The van der Waals surface area contributed by atoms with Crippen molar-refractivity contribution < 1.29 is 4.74 Å². The van der Waals surface area contributed by atoms with Crippen molar-refractivity contribution in [3.05, 3.63) is 0 Å². The zero-order valence-corrected chi connectivity index (χ0v) is 8.10. The largest absolute Gasteiger partial charge is 0.381 e. The summed E-state index contributed by atoms with van der Waals surface area (Å²) in [6.07, 6.45) is 2.69. The van der Waals surface area contributed by atoms with Gasteiger partial charge in [-0.1, -0.05) is 6.92 Å². The maximum atomic E-state index is 5.43. The Morgan fingerprint density at radius 3 is 3.00 bits per heavy atom. The van der Waals surface area contributed by atoms with E-state index in [0.717, 1.165) is 25.0 Å². The van der Waals surface area contributed by atoms with Crippen LogP contribution in [0.1, 0.15) is 19.8 Å². The van der Waals surface area contributed by atoms with Crippen LogP contribution in [0.5, 0.6) is 0 Å². The third-order valence-electron chi connectivity index (χ3n) is 3.77. The van der Waals surface area contributed by atoms with Gasteiger partial charge in [0.2, 0.25) is 0 Å². The van der Waals surface area contributed by atoms with Crippen LogP contribution >= 0.6 is 0 Å². The topological polar surface area (TPSA) is 21.3 Å². The van der Waals surface area contributed by atoms with Crippen molar-refractivity contribution in [3.63, 3.8) is 0 Å². The van der Waals surface area contributed by atoms with Gasteiger partial charge in [0, 0.05) is 13.2 Å². The lowest BCUT2D eigenvalue weighted by Crippen LogP contribution is -2.20. The maximum absolute atomic E-state index is 5.43.